The lowest BCUT2D eigenvalue weighted by atomic mass is 10.0. The summed E-state index contributed by atoms with van der Waals surface area (Å²) in [7, 11) is 0. The molecule has 0 unspecified atom stereocenters. The summed E-state index contributed by atoms with van der Waals surface area (Å²) in [5.41, 5.74) is 0. The number of aliphatic carboxylic acids is 1. The second-order valence-corrected chi connectivity index (χ2v) is 6.71. The standard InChI is InChI=1S/C20H40O3/c1-2-3-15-18-23-19-16-13-11-9-7-5-4-6-8-10-12-14-17-20(21)22/h2-19H2,1H3,(H,21,22). The van der Waals surface area contributed by atoms with E-state index in [1.165, 1.54) is 83.5 Å². The first-order valence-electron chi connectivity index (χ1n) is 10.1. The first-order chi connectivity index (χ1) is 11.3. The van der Waals surface area contributed by atoms with Gasteiger partial charge in [-0.05, 0) is 19.3 Å². The molecule has 0 aliphatic heterocycles. The summed E-state index contributed by atoms with van der Waals surface area (Å²) in [6.45, 7) is 4.12. The topological polar surface area (TPSA) is 46.5 Å². The molecule has 3 nitrogen and oxygen atoms in total. The Morgan fingerprint density at radius 2 is 1.04 bits per heavy atom. The predicted molar refractivity (Wildman–Crippen MR) is 98.0 cm³/mol. The van der Waals surface area contributed by atoms with Crippen LogP contribution in [0.4, 0.5) is 0 Å². The summed E-state index contributed by atoms with van der Waals surface area (Å²) in [5.74, 6) is -0.659. The van der Waals surface area contributed by atoms with Crippen molar-refractivity contribution in [2.75, 3.05) is 13.2 Å². The van der Waals surface area contributed by atoms with E-state index < -0.39 is 5.97 Å². The number of hydrogen-bond donors (Lipinski definition) is 1. The Kier molecular flexibility index (Phi) is 19.0. The van der Waals surface area contributed by atoms with E-state index in [9.17, 15) is 4.79 Å². The van der Waals surface area contributed by atoms with Crippen LogP contribution in [-0.2, 0) is 9.53 Å². The maximum Gasteiger partial charge on any atom is 0.303 e. The number of rotatable bonds is 19. The third kappa shape index (κ3) is 21.4. The number of carboxylic acids is 1. The summed E-state index contributed by atoms with van der Waals surface area (Å²) in [5, 5.41) is 8.54. The second-order valence-electron chi connectivity index (χ2n) is 6.71. The molecule has 0 aliphatic carbocycles. The van der Waals surface area contributed by atoms with Crippen molar-refractivity contribution in [2.45, 2.75) is 110 Å². The highest BCUT2D eigenvalue weighted by atomic mass is 16.5. The van der Waals surface area contributed by atoms with Gasteiger partial charge in [0, 0.05) is 19.6 Å². The van der Waals surface area contributed by atoms with Gasteiger partial charge in [-0.2, -0.15) is 0 Å². The van der Waals surface area contributed by atoms with Crippen LogP contribution in [0.25, 0.3) is 0 Å². The van der Waals surface area contributed by atoms with Gasteiger partial charge in [0.2, 0.25) is 0 Å². The quantitative estimate of drug-likeness (QED) is 0.281. The lowest BCUT2D eigenvalue weighted by Gasteiger charge is -2.04. The highest BCUT2D eigenvalue weighted by Gasteiger charge is 1.97. The summed E-state index contributed by atoms with van der Waals surface area (Å²) in [6.07, 6.45) is 19.2. The molecule has 138 valence electrons. The lowest BCUT2D eigenvalue weighted by Crippen LogP contribution is -1.96. The molecule has 0 rings (SSSR count). The number of carboxylic acid groups (broad SMARTS) is 1. The minimum atomic E-state index is -0.659. The molecule has 1 N–H and O–H groups in total. The van der Waals surface area contributed by atoms with Gasteiger partial charge in [-0.1, -0.05) is 84.0 Å². The smallest absolute Gasteiger partial charge is 0.303 e. The number of hydrogen-bond acceptors (Lipinski definition) is 2. The van der Waals surface area contributed by atoms with Gasteiger partial charge in [-0.25, -0.2) is 0 Å². The van der Waals surface area contributed by atoms with Gasteiger partial charge in [0.15, 0.2) is 0 Å². The van der Waals surface area contributed by atoms with Crippen LogP contribution in [0.2, 0.25) is 0 Å². The molecule has 0 aromatic carbocycles. The molecule has 3 heteroatoms. The largest absolute Gasteiger partial charge is 0.481 e. The van der Waals surface area contributed by atoms with Gasteiger partial charge >= 0.3 is 5.97 Å². The van der Waals surface area contributed by atoms with Crippen molar-refractivity contribution >= 4 is 5.97 Å². The molecule has 0 saturated carbocycles. The van der Waals surface area contributed by atoms with Gasteiger partial charge in [0.1, 0.15) is 0 Å². The molecule has 0 radical (unpaired) electrons. The van der Waals surface area contributed by atoms with Crippen LogP contribution in [0, 0.1) is 0 Å². The van der Waals surface area contributed by atoms with Crippen molar-refractivity contribution < 1.29 is 14.6 Å². The highest BCUT2D eigenvalue weighted by molar-refractivity contribution is 5.66. The van der Waals surface area contributed by atoms with E-state index in [2.05, 4.69) is 6.92 Å². The predicted octanol–water partition coefficient (Wildman–Crippen LogP) is 6.35. The zero-order valence-electron chi connectivity index (χ0n) is 15.5. The first kappa shape index (κ1) is 22.4. The average molecular weight is 329 g/mol. The number of carbonyl (C=O) groups is 1. The third-order valence-electron chi connectivity index (χ3n) is 4.32. The lowest BCUT2D eigenvalue weighted by molar-refractivity contribution is -0.137. The maximum absolute atomic E-state index is 10.4. The molecule has 0 fully saturated rings. The van der Waals surface area contributed by atoms with Crippen molar-refractivity contribution in [3.05, 3.63) is 0 Å². The minimum absolute atomic E-state index is 0.337. The van der Waals surface area contributed by atoms with E-state index in [1.54, 1.807) is 0 Å². The Morgan fingerprint density at radius 3 is 1.48 bits per heavy atom. The molecule has 0 aromatic heterocycles. The van der Waals surface area contributed by atoms with Gasteiger partial charge in [-0.15, -0.1) is 0 Å². The number of unbranched alkanes of at least 4 members (excludes halogenated alkanes) is 13. The highest BCUT2D eigenvalue weighted by Crippen LogP contribution is 2.12. The molecule has 0 spiro atoms. The molecule has 0 aliphatic rings. The van der Waals surface area contributed by atoms with Crippen molar-refractivity contribution in [3.8, 4) is 0 Å². The van der Waals surface area contributed by atoms with Gasteiger partial charge in [0.25, 0.3) is 0 Å². The van der Waals surface area contributed by atoms with Crippen LogP contribution >= 0.6 is 0 Å². The van der Waals surface area contributed by atoms with Crippen molar-refractivity contribution in [2.24, 2.45) is 0 Å². The van der Waals surface area contributed by atoms with Gasteiger partial charge in [-0.3, -0.25) is 4.79 Å². The van der Waals surface area contributed by atoms with Crippen LogP contribution in [0.3, 0.4) is 0 Å². The summed E-state index contributed by atoms with van der Waals surface area (Å²) < 4.78 is 5.62. The van der Waals surface area contributed by atoms with Crippen LogP contribution in [-0.4, -0.2) is 24.3 Å². The van der Waals surface area contributed by atoms with Gasteiger partial charge < -0.3 is 9.84 Å². The second kappa shape index (κ2) is 19.5. The van der Waals surface area contributed by atoms with Crippen molar-refractivity contribution in [3.63, 3.8) is 0 Å². The van der Waals surface area contributed by atoms with E-state index in [4.69, 9.17) is 9.84 Å². The van der Waals surface area contributed by atoms with E-state index >= 15 is 0 Å². The molecule has 0 heterocycles. The maximum atomic E-state index is 10.4. The zero-order valence-corrected chi connectivity index (χ0v) is 15.5. The fourth-order valence-corrected chi connectivity index (χ4v) is 2.80. The molecular formula is C20H40O3. The third-order valence-corrected chi connectivity index (χ3v) is 4.32. The summed E-state index contributed by atoms with van der Waals surface area (Å²) in [4.78, 5) is 10.4. The van der Waals surface area contributed by atoms with Crippen LogP contribution in [0.1, 0.15) is 110 Å². The molecule has 0 atom stereocenters. The first-order valence-corrected chi connectivity index (χ1v) is 10.1. The molecule has 0 saturated heterocycles. The zero-order chi connectivity index (χ0) is 17.0. The average Bonchev–Trinajstić information content (AvgIpc) is 2.53. The number of ether oxygens (including phenoxy) is 1. The monoisotopic (exact) mass is 328 g/mol. The Morgan fingerprint density at radius 1 is 0.652 bits per heavy atom. The van der Waals surface area contributed by atoms with E-state index in [0.717, 1.165) is 26.1 Å². The minimum Gasteiger partial charge on any atom is -0.481 e. The molecule has 23 heavy (non-hydrogen) atoms. The molecule has 0 amide bonds. The van der Waals surface area contributed by atoms with Crippen molar-refractivity contribution in [1.29, 1.82) is 0 Å². The summed E-state index contributed by atoms with van der Waals surface area (Å²) >= 11 is 0. The fraction of sp³-hybridized carbons (Fsp3) is 0.950. The normalized spacial score (nSPS) is 11.0. The van der Waals surface area contributed by atoms with E-state index in [-0.39, 0.29) is 0 Å². The fourth-order valence-electron chi connectivity index (χ4n) is 2.80. The Bertz CT molecular complexity index is 241. The molecular weight excluding hydrogens is 288 g/mol. The van der Waals surface area contributed by atoms with Crippen LogP contribution < -0.4 is 0 Å². The Balaban J connectivity index is 2.96. The Hall–Kier alpha value is -0.570. The Labute approximate surface area is 144 Å². The molecule has 0 bridgehead atoms. The van der Waals surface area contributed by atoms with Crippen LogP contribution in [0.15, 0.2) is 0 Å². The molecule has 0 aromatic rings. The van der Waals surface area contributed by atoms with Crippen LogP contribution in [0.5, 0.6) is 0 Å². The van der Waals surface area contributed by atoms with Gasteiger partial charge in [0.05, 0.1) is 0 Å². The van der Waals surface area contributed by atoms with E-state index in [0.29, 0.717) is 6.42 Å². The van der Waals surface area contributed by atoms with Crippen molar-refractivity contribution in [1.82, 2.24) is 0 Å². The SMILES string of the molecule is CCCCCOCCCCCCCCCCCCCCC(=O)O. The van der Waals surface area contributed by atoms with E-state index in [1.807, 2.05) is 0 Å². The summed E-state index contributed by atoms with van der Waals surface area (Å²) in [6, 6.07) is 0.